The number of hydrogen-bond donors (Lipinski definition) is 2. The molecule has 0 fully saturated rings. The number of methoxy groups -OCH3 is 1. The molecule has 1 atom stereocenters. The Morgan fingerprint density at radius 3 is 2.82 bits per heavy atom. The summed E-state index contributed by atoms with van der Waals surface area (Å²) in [5.41, 5.74) is 7.46. The van der Waals surface area contributed by atoms with E-state index in [1.807, 2.05) is 0 Å². The van der Waals surface area contributed by atoms with Gasteiger partial charge in [0.25, 0.3) is 5.91 Å². The first-order chi connectivity index (χ1) is 10.6. The largest absolute Gasteiger partial charge is 0.497 e. The first kappa shape index (κ1) is 14.2. The van der Waals surface area contributed by atoms with Crippen LogP contribution in [0.2, 0.25) is 0 Å². The maximum absolute atomic E-state index is 14.1. The van der Waals surface area contributed by atoms with Crippen LogP contribution in [0.5, 0.6) is 5.75 Å². The van der Waals surface area contributed by atoms with Crippen molar-refractivity contribution >= 4 is 17.3 Å². The average Bonchev–Trinajstić information content (AvgIpc) is 2.66. The number of nitrogens with zero attached hydrogens (tertiary/aromatic N) is 1. The molecule has 1 unspecified atom stereocenters. The first-order valence-electron chi connectivity index (χ1n) is 6.67. The molecule has 2 aromatic carbocycles. The van der Waals surface area contributed by atoms with Crippen LogP contribution in [0.1, 0.15) is 11.1 Å². The Morgan fingerprint density at radius 2 is 2.05 bits per heavy atom. The van der Waals surface area contributed by atoms with Crippen molar-refractivity contribution in [1.29, 1.82) is 0 Å². The molecule has 0 radical (unpaired) electrons. The van der Waals surface area contributed by atoms with Gasteiger partial charge in [-0.2, -0.15) is 0 Å². The number of rotatable bonds is 2. The predicted molar refractivity (Wildman–Crippen MR) is 81.6 cm³/mol. The van der Waals surface area contributed by atoms with E-state index in [1.54, 1.807) is 43.5 Å². The fourth-order valence-electron chi connectivity index (χ4n) is 2.31. The van der Waals surface area contributed by atoms with Crippen LogP contribution in [0.4, 0.5) is 10.1 Å². The number of halogens is 1. The number of carbonyl (C=O) groups excluding carboxylic acids is 1. The third-order valence-electron chi connectivity index (χ3n) is 3.40. The number of anilines is 1. The van der Waals surface area contributed by atoms with E-state index in [2.05, 4.69) is 10.3 Å². The molecule has 5 nitrogen and oxygen atoms in total. The third kappa shape index (κ3) is 2.44. The Bertz CT molecular complexity index is 774. The molecule has 3 rings (SSSR count). The van der Waals surface area contributed by atoms with Crippen LogP contribution in [-0.2, 0) is 4.79 Å². The maximum Gasteiger partial charge on any atom is 0.263 e. The summed E-state index contributed by atoms with van der Waals surface area (Å²) in [6.45, 7) is 0. The molecular weight excluding hydrogens is 285 g/mol. The minimum absolute atomic E-state index is 0.0852. The Kier molecular flexibility index (Phi) is 3.60. The molecule has 0 bridgehead atoms. The standard InChI is InChI=1S/C16H14FN3O2/c1-22-10-5-2-4-9(8-10)13-11-6-3-7-12(17)14(11)20-16(21)15(18)19-13/h2-8,15H,18H2,1H3,(H,20,21). The minimum atomic E-state index is -1.10. The van der Waals surface area contributed by atoms with Gasteiger partial charge in [-0.3, -0.25) is 9.79 Å². The van der Waals surface area contributed by atoms with Gasteiger partial charge in [0.2, 0.25) is 0 Å². The Morgan fingerprint density at radius 1 is 1.27 bits per heavy atom. The summed E-state index contributed by atoms with van der Waals surface area (Å²) in [6.07, 6.45) is -1.10. The number of benzene rings is 2. The lowest BCUT2D eigenvalue weighted by Crippen LogP contribution is -2.33. The molecule has 6 heteroatoms. The van der Waals surface area contributed by atoms with Crippen LogP contribution in [0.3, 0.4) is 0 Å². The van der Waals surface area contributed by atoms with E-state index in [1.165, 1.54) is 6.07 Å². The van der Waals surface area contributed by atoms with Gasteiger partial charge in [-0.05, 0) is 18.2 Å². The van der Waals surface area contributed by atoms with Gasteiger partial charge in [-0.15, -0.1) is 0 Å². The van der Waals surface area contributed by atoms with Crippen LogP contribution in [0.15, 0.2) is 47.5 Å². The van der Waals surface area contributed by atoms with Crippen molar-refractivity contribution < 1.29 is 13.9 Å². The highest BCUT2D eigenvalue weighted by atomic mass is 19.1. The fourth-order valence-corrected chi connectivity index (χ4v) is 2.31. The zero-order valence-electron chi connectivity index (χ0n) is 11.8. The molecule has 0 saturated heterocycles. The lowest BCUT2D eigenvalue weighted by atomic mass is 10.00. The molecule has 1 aliphatic rings. The van der Waals surface area contributed by atoms with Crippen LogP contribution in [-0.4, -0.2) is 24.9 Å². The predicted octanol–water partition coefficient (Wildman–Crippen LogP) is 1.91. The lowest BCUT2D eigenvalue weighted by Gasteiger charge is -2.11. The second kappa shape index (κ2) is 5.57. The monoisotopic (exact) mass is 299 g/mol. The highest BCUT2D eigenvalue weighted by molar-refractivity contribution is 6.19. The normalized spacial score (nSPS) is 17.1. The number of aliphatic imine (C=N–C) groups is 1. The van der Waals surface area contributed by atoms with Crippen LogP contribution < -0.4 is 15.8 Å². The molecule has 3 N–H and O–H groups in total. The summed E-state index contributed by atoms with van der Waals surface area (Å²) in [5, 5.41) is 2.48. The number of para-hydroxylation sites is 1. The number of benzodiazepines with no additional fused rings is 1. The molecule has 1 amide bonds. The average molecular weight is 299 g/mol. The minimum Gasteiger partial charge on any atom is -0.497 e. The highest BCUT2D eigenvalue weighted by Crippen LogP contribution is 2.27. The van der Waals surface area contributed by atoms with E-state index < -0.39 is 17.9 Å². The van der Waals surface area contributed by atoms with Gasteiger partial charge in [0.15, 0.2) is 6.17 Å². The number of nitrogens with two attached hydrogens (primary N) is 1. The quantitative estimate of drug-likeness (QED) is 0.889. The molecule has 112 valence electrons. The summed E-state index contributed by atoms with van der Waals surface area (Å²) in [4.78, 5) is 16.1. The van der Waals surface area contributed by atoms with Gasteiger partial charge < -0.3 is 15.8 Å². The van der Waals surface area contributed by atoms with Crippen molar-refractivity contribution in [2.75, 3.05) is 12.4 Å². The van der Waals surface area contributed by atoms with Gasteiger partial charge in [-0.25, -0.2) is 4.39 Å². The number of fused-ring (bicyclic) bond motifs is 1. The second-order valence-corrected chi connectivity index (χ2v) is 4.81. The van der Waals surface area contributed by atoms with Crippen LogP contribution in [0, 0.1) is 5.82 Å². The smallest absolute Gasteiger partial charge is 0.263 e. The van der Waals surface area contributed by atoms with Crippen molar-refractivity contribution in [1.82, 2.24) is 0 Å². The Hall–Kier alpha value is -2.73. The number of amides is 1. The second-order valence-electron chi connectivity index (χ2n) is 4.81. The molecule has 0 saturated carbocycles. The van der Waals surface area contributed by atoms with Gasteiger partial charge >= 0.3 is 0 Å². The molecule has 0 spiro atoms. The van der Waals surface area contributed by atoms with E-state index >= 15 is 0 Å². The summed E-state index contributed by atoms with van der Waals surface area (Å²) >= 11 is 0. The van der Waals surface area contributed by atoms with Gasteiger partial charge in [-0.1, -0.05) is 24.3 Å². The Labute approximate surface area is 126 Å². The van der Waals surface area contributed by atoms with Crippen molar-refractivity contribution in [2.24, 2.45) is 10.7 Å². The molecule has 22 heavy (non-hydrogen) atoms. The zero-order chi connectivity index (χ0) is 15.7. The van der Waals surface area contributed by atoms with E-state index in [0.717, 1.165) is 0 Å². The van der Waals surface area contributed by atoms with Crippen LogP contribution in [0.25, 0.3) is 0 Å². The molecule has 0 aliphatic carbocycles. The molecular formula is C16H14FN3O2. The van der Waals surface area contributed by atoms with E-state index in [0.29, 0.717) is 22.6 Å². The summed E-state index contributed by atoms with van der Waals surface area (Å²) in [6, 6.07) is 11.7. The number of ether oxygens (including phenoxy) is 1. The van der Waals surface area contributed by atoms with Crippen molar-refractivity contribution in [3.05, 3.63) is 59.4 Å². The molecule has 0 aromatic heterocycles. The summed E-state index contributed by atoms with van der Waals surface area (Å²) < 4.78 is 19.2. The number of nitrogens with one attached hydrogen (secondary N) is 1. The first-order valence-corrected chi connectivity index (χ1v) is 6.67. The van der Waals surface area contributed by atoms with E-state index in [-0.39, 0.29) is 5.69 Å². The Balaban J connectivity index is 2.22. The number of carbonyl (C=O) groups is 1. The molecule has 1 heterocycles. The fraction of sp³-hybridized carbons (Fsp3) is 0.125. The van der Waals surface area contributed by atoms with Gasteiger partial charge in [0.1, 0.15) is 11.6 Å². The van der Waals surface area contributed by atoms with Gasteiger partial charge in [0.05, 0.1) is 18.5 Å². The van der Waals surface area contributed by atoms with E-state index in [4.69, 9.17) is 10.5 Å². The zero-order valence-corrected chi connectivity index (χ0v) is 11.8. The summed E-state index contributed by atoms with van der Waals surface area (Å²) in [5.74, 6) is -0.449. The SMILES string of the molecule is COc1cccc(C2=NC(N)C(=O)Nc3c(F)cccc32)c1. The highest BCUT2D eigenvalue weighted by Gasteiger charge is 2.25. The van der Waals surface area contributed by atoms with Crippen molar-refractivity contribution in [3.8, 4) is 5.75 Å². The topological polar surface area (TPSA) is 76.7 Å². The van der Waals surface area contributed by atoms with Crippen LogP contribution >= 0.6 is 0 Å². The molecule has 2 aromatic rings. The van der Waals surface area contributed by atoms with Gasteiger partial charge in [0, 0.05) is 11.1 Å². The maximum atomic E-state index is 14.1. The third-order valence-corrected chi connectivity index (χ3v) is 3.40. The van der Waals surface area contributed by atoms with Crippen molar-refractivity contribution in [3.63, 3.8) is 0 Å². The molecule has 1 aliphatic heterocycles. The van der Waals surface area contributed by atoms with E-state index in [9.17, 15) is 9.18 Å². The van der Waals surface area contributed by atoms with Crippen molar-refractivity contribution in [2.45, 2.75) is 6.17 Å². The number of hydrogen-bond acceptors (Lipinski definition) is 4. The lowest BCUT2D eigenvalue weighted by molar-refractivity contribution is -0.117. The summed E-state index contributed by atoms with van der Waals surface area (Å²) in [7, 11) is 1.55.